The molecule has 0 aromatic carbocycles. The number of carbonyl (C=O) groups is 1. The number of nitrogens with zero attached hydrogens (tertiary/aromatic N) is 2. The van der Waals surface area contributed by atoms with Gasteiger partial charge in [-0.05, 0) is 38.0 Å². The third-order valence-electron chi connectivity index (χ3n) is 5.12. The molecule has 7 nitrogen and oxygen atoms in total. The maximum absolute atomic E-state index is 12.8. The van der Waals surface area contributed by atoms with Crippen LogP contribution < -0.4 is 10.1 Å². The van der Waals surface area contributed by atoms with Gasteiger partial charge in [0.2, 0.25) is 5.88 Å². The number of hydrogen-bond acceptors (Lipinski definition) is 6. The minimum atomic E-state index is -3.25. The summed E-state index contributed by atoms with van der Waals surface area (Å²) in [6.07, 6.45) is 7.43. The van der Waals surface area contributed by atoms with Crippen LogP contribution in [0.3, 0.4) is 0 Å². The van der Waals surface area contributed by atoms with Gasteiger partial charge in [-0.2, -0.15) is 4.98 Å². The van der Waals surface area contributed by atoms with Gasteiger partial charge in [0.25, 0.3) is 5.91 Å². The summed E-state index contributed by atoms with van der Waals surface area (Å²) in [6, 6.07) is -0.462. The second-order valence-electron chi connectivity index (χ2n) is 9.05. The van der Waals surface area contributed by atoms with Crippen molar-refractivity contribution in [2.45, 2.75) is 64.5 Å². The molecule has 0 radical (unpaired) electrons. The third kappa shape index (κ3) is 5.31. The van der Waals surface area contributed by atoms with Crippen LogP contribution >= 0.6 is 0 Å². The lowest BCUT2D eigenvalue weighted by molar-refractivity contribution is 0.0936. The molecule has 0 aliphatic heterocycles. The van der Waals surface area contributed by atoms with Crippen LogP contribution in [0, 0.1) is 11.8 Å². The number of ether oxygens (including phenoxy) is 1. The summed E-state index contributed by atoms with van der Waals surface area (Å²) in [5.74, 6) is 2.05. The van der Waals surface area contributed by atoms with Crippen LogP contribution in [0.5, 0.6) is 5.88 Å². The first kappa shape index (κ1) is 20.8. The summed E-state index contributed by atoms with van der Waals surface area (Å²) < 4.78 is 28.7. The van der Waals surface area contributed by atoms with E-state index >= 15 is 0 Å². The zero-order chi connectivity index (χ0) is 20.7. The quantitative estimate of drug-likeness (QED) is 0.778. The van der Waals surface area contributed by atoms with Gasteiger partial charge in [0.1, 0.15) is 17.5 Å². The predicted molar refractivity (Wildman–Crippen MR) is 107 cm³/mol. The molecule has 154 valence electrons. The standard InChI is InChI=1S/C20H29N3O4S/c1-12(6-7-28(5,25)26)22-17(24)16-11-21-19(20(2,3)4)23-18(16)27-15-9-13-8-14(13)10-15/h6-7,11-15H,8-10H2,1-5H3,(H,22,24)/b7-6+/t12-,13-,14+,15-/m0/s1. The maximum Gasteiger partial charge on any atom is 0.258 e. The highest BCUT2D eigenvalue weighted by molar-refractivity contribution is 7.93. The fraction of sp³-hybridized carbons (Fsp3) is 0.650. The zero-order valence-electron chi connectivity index (χ0n) is 17.1. The van der Waals surface area contributed by atoms with E-state index in [1.807, 2.05) is 20.8 Å². The first-order valence-corrected chi connectivity index (χ1v) is 11.6. The molecule has 0 unspecified atom stereocenters. The molecule has 0 spiro atoms. The number of amides is 1. The zero-order valence-corrected chi connectivity index (χ0v) is 17.9. The van der Waals surface area contributed by atoms with Gasteiger partial charge in [-0.3, -0.25) is 4.79 Å². The molecule has 2 fully saturated rings. The van der Waals surface area contributed by atoms with E-state index in [9.17, 15) is 13.2 Å². The highest BCUT2D eigenvalue weighted by Crippen LogP contribution is 2.52. The van der Waals surface area contributed by atoms with Crippen LogP contribution in [-0.4, -0.2) is 42.7 Å². The Morgan fingerprint density at radius 2 is 1.93 bits per heavy atom. The monoisotopic (exact) mass is 407 g/mol. The lowest BCUT2D eigenvalue weighted by Crippen LogP contribution is -2.32. The summed E-state index contributed by atoms with van der Waals surface area (Å²) in [6.45, 7) is 7.73. The highest BCUT2D eigenvalue weighted by atomic mass is 32.2. The fourth-order valence-electron chi connectivity index (χ4n) is 3.48. The Kier molecular flexibility index (Phi) is 5.53. The smallest absolute Gasteiger partial charge is 0.258 e. The van der Waals surface area contributed by atoms with E-state index in [1.54, 1.807) is 6.92 Å². The van der Waals surface area contributed by atoms with Crippen LogP contribution in [0.2, 0.25) is 0 Å². The van der Waals surface area contributed by atoms with Gasteiger partial charge in [0.05, 0.1) is 0 Å². The lowest BCUT2D eigenvalue weighted by Gasteiger charge is -2.21. The summed E-state index contributed by atoms with van der Waals surface area (Å²) in [5, 5.41) is 3.84. The maximum atomic E-state index is 12.8. The van der Waals surface area contributed by atoms with Crippen molar-refractivity contribution in [1.29, 1.82) is 0 Å². The summed E-state index contributed by atoms with van der Waals surface area (Å²) in [7, 11) is -3.25. The number of hydrogen-bond donors (Lipinski definition) is 1. The van der Waals surface area contributed by atoms with Crippen LogP contribution in [0.1, 0.15) is 63.1 Å². The molecule has 0 bridgehead atoms. The Balaban J connectivity index is 1.79. The third-order valence-corrected chi connectivity index (χ3v) is 5.77. The van der Waals surface area contributed by atoms with Crippen molar-refractivity contribution in [3.63, 3.8) is 0 Å². The first-order chi connectivity index (χ1) is 12.9. The normalized spacial score (nSPS) is 25.4. The molecule has 0 saturated heterocycles. The van der Waals surface area contributed by atoms with Gasteiger partial charge in [0, 0.05) is 29.3 Å². The van der Waals surface area contributed by atoms with Crippen molar-refractivity contribution >= 4 is 15.7 Å². The molecule has 1 heterocycles. The molecule has 1 N–H and O–H groups in total. The molecule has 2 aliphatic rings. The highest BCUT2D eigenvalue weighted by Gasteiger charge is 2.47. The minimum Gasteiger partial charge on any atom is -0.474 e. The second-order valence-corrected chi connectivity index (χ2v) is 11.0. The molecule has 3 rings (SSSR count). The number of fused-ring (bicyclic) bond motifs is 1. The molecular formula is C20H29N3O4S. The van der Waals surface area contributed by atoms with E-state index in [0.29, 0.717) is 11.7 Å². The molecule has 2 aliphatic carbocycles. The van der Waals surface area contributed by atoms with Crippen molar-refractivity contribution in [1.82, 2.24) is 15.3 Å². The van der Waals surface area contributed by atoms with Crippen molar-refractivity contribution in [3.8, 4) is 5.88 Å². The summed E-state index contributed by atoms with van der Waals surface area (Å²) >= 11 is 0. The van der Waals surface area contributed by atoms with E-state index in [1.165, 1.54) is 18.7 Å². The number of rotatable bonds is 6. The van der Waals surface area contributed by atoms with Gasteiger partial charge in [-0.15, -0.1) is 0 Å². The number of aromatic nitrogens is 2. The van der Waals surface area contributed by atoms with Gasteiger partial charge >= 0.3 is 0 Å². The molecule has 1 amide bonds. The fourth-order valence-corrected chi connectivity index (χ4v) is 4.00. The number of carbonyl (C=O) groups excluding carboxylic acids is 1. The number of nitrogens with one attached hydrogen (secondary N) is 1. The van der Waals surface area contributed by atoms with E-state index in [-0.39, 0.29) is 23.0 Å². The largest absolute Gasteiger partial charge is 0.474 e. The number of sulfone groups is 1. The molecule has 2 saturated carbocycles. The Morgan fingerprint density at radius 3 is 2.50 bits per heavy atom. The Hall–Kier alpha value is -1.96. The van der Waals surface area contributed by atoms with Crippen LogP contribution in [0.15, 0.2) is 17.7 Å². The van der Waals surface area contributed by atoms with Crippen molar-refractivity contribution in [2.75, 3.05) is 6.26 Å². The minimum absolute atomic E-state index is 0.0839. The van der Waals surface area contributed by atoms with E-state index in [2.05, 4.69) is 15.3 Å². The summed E-state index contributed by atoms with van der Waals surface area (Å²) in [4.78, 5) is 21.7. The molecule has 1 aromatic heterocycles. The molecular weight excluding hydrogens is 378 g/mol. The lowest BCUT2D eigenvalue weighted by atomic mass is 9.95. The van der Waals surface area contributed by atoms with E-state index < -0.39 is 15.9 Å². The Morgan fingerprint density at radius 1 is 1.29 bits per heavy atom. The topological polar surface area (TPSA) is 98.2 Å². The van der Waals surface area contributed by atoms with E-state index in [4.69, 9.17) is 4.74 Å². The van der Waals surface area contributed by atoms with Crippen molar-refractivity contribution in [3.05, 3.63) is 29.1 Å². The van der Waals surface area contributed by atoms with Crippen LogP contribution in [-0.2, 0) is 15.3 Å². The van der Waals surface area contributed by atoms with Gasteiger partial charge in [0.15, 0.2) is 9.84 Å². The second kappa shape index (κ2) is 7.46. The molecule has 1 aromatic rings. The van der Waals surface area contributed by atoms with Gasteiger partial charge in [-0.1, -0.05) is 26.8 Å². The Bertz CT molecular complexity index is 879. The van der Waals surface area contributed by atoms with Crippen molar-refractivity contribution in [2.24, 2.45) is 11.8 Å². The van der Waals surface area contributed by atoms with E-state index in [0.717, 1.165) is 36.3 Å². The van der Waals surface area contributed by atoms with Crippen molar-refractivity contribution < 1.29 is 17.9 Å². The van der Waals surface area contributed by atoms with Crippen LogP contribution in [0.25, 0.3) is 0 Å². The van der Waals surface area contributed by atoms with Crippen LogP contribution in [0.4, 0.5) is 0 Å². The predicted octanol–water partition coefficient (Wildman–Crippen LogP) is 2.63. The molecule has 8 heteroatoms. The first-order valence-electron chi connectivity index (χ1n) is 9.65. The molecule has 28 heavy (non-hydrogen) atoms. The average Bonchev–Trinajstić information content (AvgIpc) is 3.18. The summed E-state index contributed by atoms with van der Waals surface area (Å²) in [5.41, 5.74) is 0.00405. The average molecular weight is 408 g/mol. The Labute approximate surface area is 166 Å². The van der Waals surface area contributed by atoms with Gasteiger partial charge < -0.3 is 10.1 Å². The van der Waals surface area contributed by atoms with Gasteiger partial charge in [-0.25, -0.2) is 13.4 Å². The SMILES string of the molecule is C[C@@H](/C=C/S(C)(=O)=O)NC(=O)c1cnc(C(C)(C)C)nc1O[C@H]1C[C@@H]2C[C@@H]2C1. The molecule has 4 atom stereocenters.